The van der Waals surface area contributed by atoms with Crippen molar-refractivity contribution in [1.82, 2.24) is 15.1 Å². The topological polar surface area (TPSA) is 46.9 Å². The number of carbonyl (C=O) groups is 1. The summed E-state index contributed by atoms with van der Waals surface area (Å²) >= 11 is 0. The molecule has 0 saturated heterocycles. The highest BCUT2D eigenvalue weighted by Gasteiger charge is 2.51. The predicted molar refractivity (Wildman–Crippen MR) is 76.0 cm³/mol. The molecule has 1 heterocycles. The highest BCUT2D eigenvalue weighted by atomic mass is 16.2. The fourth-order valence-corrected chi connectivity index (χ4v) is 5.30. The molecular formula is C16H23N3O. The second-order valence-electron chi connectivity index (χ2n) is 7.40. The van der Waals surface area contributed by atoms with Crippen LogP contribution < -0.4 is 5.32 Å². The van der Waals surface area contributed by atoms with Gasteiger partial charge in [-0.2, -0.15) is 5.10 Å². The van der Waals surface area contributed by atoms with Gasteiger partial charge < -0.3 is 5.32 Å². The second kappa shape index (κ2) is 4.34. The second-order valence-corrected chi connectivity index (χ2v) is 7.40. The van der Waals surface area contributed by atoms with Crippen LogP contribution in [0.25, 0.3) is 0 Å². The molecule has 0 unspecified atom stereocenters. The molecule has 0 radical (unpaired) electrons. The number of nitrogens with one attached hydrogen (secondary N) is 1. The summed E-state index contributed by atoms with van der Waals surface area (Å²) in [5, 5.41) is 7.68. The molecule has 0 spiro atoms. The zero-order valence-corrected chi connectivity index (χ0v) is 12.1. The molecule has 0 atom stereocenters. The third-order valence-electron chi connectivity index (χ3n) is 5.52. The number of nitrogens with zero attached hydrogens (tertiary/aromatic N) is 2. The molecule has 4 bridgehead atoms. The third kappa shape index (κ3) is 2.15. The lowest BCUT2D eigenvalue weighted by Gasteiger charge is -2.56. The van der Waals surface area contributed by atoms with Gasteiger partial charge in [-0.25, -0.2) is 0 Å². The summed E-state index contributed by atoms with van der Waals surface area (Å²) in [4.78, 5) is 12.3. The zero-order chi connectivity index (χ0) is 13.7. The van der Waals surface area contributed by atoms with E-state index in [0.29, 0.717) is 6.54 Å². The summed E-state index contributed by atoms with van der Waals surface area (Å²) in [5.41, 5.74) is 1.08. The minimum absolute atomic E-state index is 0.119. The molecule has 108 valence electrons. The summed E-state index contributed by atoms with van der Waals surface area (Å²) in [6.07, 6.45) is 9.75. The Labute approximate surface area is 119 Å². The molecule has 4 saturated carbocycles. The lowest BCUT2D eigenvalue weighted by molar-refractivity contribution is -0.127. The minimum atomic E-state index is 0.119. The number of hydrogen-bond donors (Lipinski definition) is 1. The van der Waals surface area contributed by atoms with E-state index in [2.05, 4.69) is 10.4 Å². The number of hydrogen-bond acceptors (Lipinski definition) is 2. The van der Waals surface area contributed by atoms with E-state index >= 15 is 0 Å². The normalized spacial score (nSPS) is 38.1. The summed E-state index contributed by atoms with van der Waals surface area (Å²) in [7, 11) is 0. The quantitative estimate of drug-likeness (QED) is 0.918. The molecule has 1 aromatic rings. The smallest absolute Gasteiger partial charge is 0.242 e. The number of aryl methyl sites for hydroxylation is 1. The van der Waals surface area contributed by atoms with Gasteiger partial charge in [-0.1, -0.05) is 0 Å². The van der Waals surface area contributed by atoms with Gasteiger partial charge in [-0.05, 0) is 69.3 Å². The van der Waals surface area contributed by atoms with Gasteiger partial charge in [0, 0.05) is 11.7 Å². The van der Waals surface area contributed by atoms with Crippen LogP contribution in [-0.2, 0) is 11.3 Å². The van der Waals surface area contributed by atoms with Gasteiger partial charge in [0.2, 0.25) is 5.91 Å². The van der Waals surface area contributed by atoms with Crippen molar-refractivity contribution in [2.75, 3.05) is 0 Å². The molecule has 0 aliphatic heterocycles. The van der Waals surface area contributed by atoms with Crippen LogP contribution in [0.3, 0.4) is 0 Å². The third-order valence-corrected chi connectivity index (χ3v) is 5.52. The van der Waals surface area contributed by atoms with E-state index in [4.69, 9.17) is 0 Å². The van der Waals surface area contributed by atoms with E-state index in [9.17, 15) is 4.79 Å². The first-order valence-electron chi connectivity index (χ1n) is 7.91. The van der Waals surface area contributed by atoms with Crippen LogP contribution in [0.15, 0.2) is 12.3 Å². The van der Waals surface area contributed by atoms with Crippen molar-refractivity contribution in [3.05, 3.63) is 18.0 Å². The van der Waals surface area contributed by atoms with Crippen molar-refractivity contribution < 1.29 is 4.79 Å². The average molecular weight is 273 g/mol. The Morgan fingerprint density at radius 1 is 1.30 bits per heavy atom. The maximum absolute atomic E-state index is 12.3. The maximum Gasteiger partial charge on any atom is 0.242 e. The maximum atomic E-state index is 12.3. The van der Waals surface area contributed by atoms with Gasteiger partial charge in [0.25, 0.3) is 0 Å². The minimum Gasteiger partial charge on any atom is -0.349 e. The van der Waals surface area contributed by atoms with E-state index in [1.165, 1.54) is 38.5 Å². The molecule has 1 aromatic heterocycles. The Kier molecular flexibility index (Phi) is 2.69. The van der Waals surface area contributed by atoms with Crippen molar-refractivity contribution in [2.45, 2.75) is 57.5 Å². The predicted octanol–water partition coefficient (Wildman–Crippen LogP) is 2.28. The molecule has 5 rings (SSSR count). The molecule has 4 nitrogen and oxygen atoms in total. The van der Waals surface area contributed by atoms with E-state index in [1.807, 2.05) is 19.2 Å². The number of rotatable bonds is 3. The molecule has 1 N–H and O–H groups in total. The van der Waals surface area contributed by atoms with Gasteiger partial charge >= 0.3 is 0 Å². The Bertz CT molecular complexity index is 498. The van der Waals surface area contributed by atoms with E-state index in [0.717, 1.165) is 23.4 Å². The van der Waals surface area contributed by atoms with Gasteiger partial charge in [0.05, 0.1) is 5.69 Å². The average Bonchev–Trinajstić information content (AvgIpc) is 2.71. The lowest BCUT2D eigenvalue weighted by atomic mass is 9.53. The highest BCUT2D eigenvalue weighted by molar-refractivity contribution is 5.76. The van der Waals surface area contributed by atoms with Crippen molar-refractivity contribution in [2.24, 2.45) is 17.8 Å². The largest absolute Gasteiger partial charge is 0.349 e. The SMILES string of the molecule is Cc1ccn(CC(=O)NC23CC4CC(CC(C4)C2)C3)n1. The van der Waals surface area contributed by atoms with Crippen molar-refractivity contribution in [1.29, 1.82) is 0 Å². The molecule has 4 aliphatic carbocycles. The van der Waals surface area contributed by atoms with Gasteiger partial charge in [-0.3, -0.25) is 9.48 Å². The van der Waals surface area contributed by atoms with Crippen LogP contribution in [0, 0.1) is 24.7 Å². The summed E-state index contributed by atoms with van der Waals surface area (Å²) in [5.74, 6) is 2.74. The monoisotopic (exact) mass is 273 g/mol. The molecule has 4 fully saturated rings. The Hall–Kier alpha value is -1.32. The first-order chi connectivity index (χ1) is 9.60. The van der Waals surface area contributed by atoms with Crippen molar-refractivity contribution >= 4 is 5.91 Å². The fourth-order valence-electron chi connectivity index (χ4n) is 5.30. The molecule has 20 heavy (non-hydrogen) atoms. The molecule has 0 aromatic carbocycles. The zero-order valence-electron chi connectivity index (χ0n) is 12.1. The van der Waals surface area contributed by atoms with E-state index in [1.54, 1.807) is 4.68 Å². The number of aromatic nitrogens is 2. The van der Waals surface area contributed by atoms with Crippen LogP contribution >= 0.6 is 0 Å². The first-order valence-corrected chi connectivity index (χ1v) is 7.91. The summed E-state index contributed by atoms with van der Waals surface area (Å²) < 4.78 is 1.74. The Morgan fingerprint density at radius 3 is 2.40 bits per heavy atom. The fraction of sp³-hybridized carbons (Fsp3) is 0.750. The van der Waals surface area contributed by atoms with E-state index < -0.39 is 0 Å². The Balaban J connectivity index is 1.44. The number of carbonyl (C=O) groups excluding carboxylic acids is 1. The van der Waals surface area contributed by atoms with Crippen LogP contribution in [0.5, 0.6) is 0 Å². The van der Waals surface area contributed by atoms with Crippen molar-refractivity contribution in [3.8, 4) is 0 Å². The molecule has 1 amide bonds. The van der Waals surface area contributed by atoms with Crippen LogP contribution in [0.4, 0.5) is 0 Å². The molecular weight excluding hydrogens is 250 g/mol. The highest BCUT2D eigenvalue weighted by Crippen LogP contribution is 2.55. The van der Waals surface area contributed by atoms with Gasteiger partial charge in [0.1, 0.15) is 6.54 Å². The van der Waals surface area contributed by atoms with Gasteiger partial charge in [-0.15, -0.1) is 0 Å². The van der Waals surface area contributed by atoms with Crippen LogP contribution in [0.2, 0.25) is 0 Å². The molecule has 4 heteroatoms. The lowest BCUT2D eigenvalue weighted by Crippen LogP contribution is -2.60. The van der Waals surface area contributed by atoms with Gasteiger partial charge in [0.15, 0.2) is 0 Å². The van der Waals surface area contributed by atoms with Crippen LogP contribution in [-0.4, -0.2) is 21.2 Å². The first kappa shape index (κ1) is 12.4. The van der Waals surface area contributed by atoms with Crippen LogP contribution in [0.1, 0.15) is 44.2 Å². The number of amides is 1. The van der Waals surface area contributed by atoms with E-state index in [-0.39, 0.29) is 11.4 Å². The Morgan fingerprint density at radius 2 is 1.90 bits per heavy atom. The molecule has 4 aliphatic rings. The van der Waals surface area contributed by atoms with Crippen molar-refractivity contribution in [3.63, 3.8) is 0 Å². The standard InChI is InChI=1S/C16H23N3O/c1-11-2-3-19(18-11)10-15(20)17-16-7-12-4-13(8-16)6-14(5-12)9-16/h2-3,12-14H,4-10H2,1H3,(H,17,20). The summed E-state index contributed by atoms with van der Waals surface area (Å²) in [6, 6.07) is 1.94. The summed E-state index contributed by atoms with van der Waals surface area (Å²) in [6.45, 7) is 2.31.